The lowest BCUT2D eigenvalue weighted by Gasteiger charge is -2.26. The van der Waals surface area contributed by atoms with Gasteiger partial charge in [0.2, 0.25) is 0 Å². The minimum atomic E-state index is 0.201. The van der Waals surface area contributed by atoms with Crippen molar-refractivity contribution < 1.29 is 5.11 Å². The van der Waals surface area contributed by atoms with Crippen LogP contribution in [0.25, 0.3) is 0 Å². The first-order valence-corrected chi connectivity index (χ1v) is 4.96. The Hall–Kier alpha value is -1.10. The Balaban J connectivity index is 2.23. The Bertz CT molecular complexity index is 312. The predicted octanol–water partition coefficient (Wildman–Crippen LogP) is 0.0222. The highest BCUT2D eigenvalue weighted by Gasteiger charge is 2.32. The predicted molar refractivity (Wildman–Crippen MR) is 53.0 cm³/mol. The summed E-state index contributed by atoms with van der Waals surface area (Å²) in [6, 6.07) is 0.215. The third kappa shape index (κ3) is 1.37. The van der Waals surface area contributed by atoms with E-state index in [9.17, 15) is 5.11 Å². The normalized spacial score (nSPS) is 27.2. The van der Waals surface area contributed by atoms with Crippen LogP contribution in [0.3, 0.4) is 0 Å². The molecule has 0 radical (unpaired) electrons. The maximum atomic E-state index is 9.30. The fraction of sp³-hybridized carbons (Fsp3) is 0.778. The van der Waals surface area contributed by atoms with Crippen molar-refractivity contribution in [1.82, 2.24) is 15.0 Å². The molecule has 1 N–H and O–H groups in total. The molecule has 5 heteroatoms. The lowest BCUT2D eigenvalue weighted by molar-refractivity contribution is 0.244. The minimum Gasteiger partial charge on any atom is -0.394 e. The second-order valence-corrected chi connectivity index (χ2v) is 3.93. The van der Waals surface area contributed by atoms with E-state index in [0.29, 0.717) is 5.92 Å². The first-order valence-electron chi connectivity index (χ1n) is 4.96. The fourth-order valence-electron chi connectivity index (χ4n) is 2.12. The van der Waals surface area contributed by atoms with Crippen molar-refractivity contribution >= 4 is 5.82 Å². The molecule has 78 valence electrons. The molecule has 0 aliphatic carbocycles. The van der Waals surface area contributed by atoms with E-state index in [1.54, 1.807) is 10.9 Å². The molecular formula is C9H16N4O. The lowest BCUT2D eigenvalue weighted by atomic mass is 10.0. The van der Waals surface area contributed by atoms with E-state index < -0.39 is 0 Å². The summed E-state index contributed by atoms with van der Waals surface area (Å²) in [4.78, 5) is 2.19. The molecule has 0 amide bonds. The number of aliphatic hydroxyl groups excluding tert-OH is 1. The monoisotopic (exact) mass is 196 g/mol. The summed E-state index contributed by atoms with van der Waals surface area (Å²) in [5, 5.41) is 17.1. The summed E-state index contributed by atoms with van der Waals surface area (Å²) >= 11 is 0. The molecule has 0 saturated carbocycles. The molecule has 2 rings (SSSR count). The van der Waals surface area contributed by atoms with Crippen molar-refractivity contribution in [1.29, 1.82) is 0 Å². The van der Waals surface area contributed by atoms with Crippen LogP contribution in [-0.4, -0.2) is 39.3 Å². The van der Waals surface area contributed by atoms with Gasteiger partial charge in [-0.2, -0.15) is 0 Å². The summed E-state index contributed by atoms with van der Waals surface area (Å²) in [5.74, 6) is 1.53. The third-order valence-corrected chi connectivity index (χ3v) is 3.05. The maximum Gasteiger partial charge on any atom is 0.147 e. The zero-order valence-corrected chi connectivity index (χ0v) is 8.59. The van der Waals surface area contributed by atoms with E-state index in [4.69, 9.17) is 0 Å². The van der Waals surface area contributed by atoms with Crippen molar-refractivity contribution in [2.24, 2.45) is 13.0 Å². The molecule has 1 aromatic rings. The molecular weight excluding hydrogens is 180 g/mol. The Morgan fingerprint density at radius 1 is 1.64 bits per heavy atom. The van der Waals surface area contributed by atoms with Crippen LogP contribution in [0, 0.1) is 5.92 Å². The highest BCUT2D eigenvalue weighted by atomic mass is 16.3. The Labute approximate surface area is 83.3 Å². The SMILES string of the molecule is CC1CCN(c2cnnn2C)C1CO. The van der Waals surface area contributed by atoms with Crippen LogP contribution in [-0.2, 0) is 7.05 Å². The number of anilines is 1. The molecule has 0 bridgehead atoms. The quantitative estimate of drug-likeness (QED) is 0.724. The van der Waals surface area contributed by atoms with Gasteiger partial charge in [-0.05, 0) is 12.3 Å². The minimum absolute atomic E-state index is 0.201. The van der Waals surface area contributed by atoms with Gasteiger partial charge in [0.25, 0.3) is 0 Å². The summed E-state index contributed by atoms with van der Waals surface area (Å²) < 4.78 is 1.75. The molecule has 14 heavy (non-hydrogen) atoms. The Morgan fingerprint density at radius 3 is 3.00 bits per heavy atom. The molecule has 0 aromatic carbocycles. The summed E-state index contributed by atoms with van der Waals surface area (Å²) in [6.45, 7) is 3.35. The number of nitrogens with zero attached hydrogens (tertiary/aromatic N) is 4. The standard InChI is InChI=1S/C9H16N4O/c1-7-3-4-13(8(7)6-14)9-5-10-11-12(9)2/h5,7-8,14H,3-4,6H2,1-2H3. The van der Waals surface area contributed by atoms with E-state index >= 15 is 0 Å². The van der Waals surface area contributed by atoms with Gasteiger partial charge in [0.1, 0.15) is 5.82 Å². The zero-order chi connectivity index (χ0) is 10.1. The van der Waals surface area contributed by atoms with Gasteiger partial charge in [-0.3, -0.25) is 0 Å². The Kier molecular flexibility index (Phi) is 2.41. The lowest BCUT2D eigenvalue weighted by Crippen LogP contribution is -2.36. The molecule has 1 aliphatic rings. The molecule has 1 saturated heterocycles. The summed E-state index contributed by atoms with van der Waals surface area (Å²) in [5.41, 5.74) is 0. The molecule has 2 heterocycles. The van der Waals surface area contributed by atoms with E-state index in [-0.39, 0.29) is 12.6 Å². The number of hydrogen-bond donors (Lipinski definition) is 1. The molecule has 2 atom stereocenters. The molecule has 5 nitrogen and oxygen atoms in total. The number of aliphatic hydroxyl groups is 1. The van der Waals surface area contributed by atoms with Crippen LogP contribution in [0.1, 0.15) is 13.3 Å². The second-order valence-electron chi connectivity index (χ2n) is 3.93. The fourth-order valence-corrected chi connectivity index (χ4v) is 2.12. The highest BCUT2D eigenvalue weighted by molar-refractivity contribution is 5.39. The van der Waals surface area contributed by atoms with Crippen molar-refractivity contribution in [2.75, 3.05) is 18.1 Å². The van der Waals surface area contributed by atoms with Crippen LogP contribution in [0.15, 0.2) is 6.20 Å². The van der Waals surface area contributed by atoms with Crippen molar-refractivity contribution in [3.05, 3.63) is 6.20 Å². The van der Waals surface area contributed by atoms with Crippen LogP contribution in [0.2, 0.25) is 0 Å². The van der Waals surface area contributed by atoms with Gasteiger partial charge in [0, 0.05) is 13.6 Å². The average molecular weight is 196 g/mol. The number of hydrogen-bond acceptors (Lipinski definition) is 4. The third-order valence-electron chi connectivity index (χ3n) is 3.05. The van der Waals surface area contributed by atoms with Gasteiger partial charge in [-0.1, -0.05) is 12.1 Å². The van der Waals surface area contributed by atoms with E-state index in [1.807, 2.05) is 7.05 Å². The van der Waals surface area contributed by atoms with Crippen molar-refractivity contribution in [3.63, 3.8) is 0 Å². The van der Waals surface area contributed by atoms with Gasteiger partial charge < -0.3 is 10.0 Å². The average Bonchev–Trinajstić information content (AvgIpc) is 2.71. The van der Waals surface area contributed by atoms with Crippen molar-refractivity contribution in [3.8, 4) is 0 Å². The molecule has 1 fully saturated rings. The van der Waals surface area contributed by atoms with Crippen LogP contribution in [0.5, 0.6) is 0 Å². The summed E-state index contributed by atoms with van der Waals surface area (Å²) in [7, 11) is 1.87. The number of aryl methyl sites for hydroxylation is 1. The zero-order valence-electron chi connectivity index (χ0n) is 8.59. The Morgan fingerprint density at radius 2 is 2.43 bits per heavy atom. The van der Waals surface area contributed by atoms with Gasteiger partial charge >= 0.3 is 0 Å². The van der Waals surface area contributed by atoms with Gasteiger partial charge in [0.15, 0.2) is 0 Å². The van der Waals surface area contributed by atoms with Crippen LogP contribution < -0.4 is 4.90 Å². The maximum absolute atomic E-state index is 9.30. The number of rotatable bonds is 2. The van der Waals surface area contributed by atoms with E-state index in [0.717, 1.165) is 18.8 Å². The van der Waals surface area contributed by atoms with Crippen LogP contribution in [0.4, 0.5) is 5.82 Å². The van der Waals surface area contributed by atoms with Crippen molar-refractivity contribution in [2.45, 2.75) is 19.4 Å². The smallest absolute Gasteiger partial charge is 0.147 e. The summed E-state index contributed by atoms with van der Waals surface area (Å²) in [6.07, 6.45) is 2.87. The van der Waals surface area contributed by atoms with E-state index in [2.05, 4.69) is 22.1 Å². The first-order chi connectivity index (χ1) is 6.74. The van der Waals surface area contributed by atoms with Gasteiger partial charge in [-0.25, -0.2) is 4.68 Å². The second kappa shape index (κ2) is 3.57. The molecule has 2 unspecified atom stereocenters. The molecule has 1 aromatic heterocycles. The molecule has 0 spiro atoms. The number of aromatic nitrogens is 3. The molecule has 1 aliphatic heterocycles. The van der Waals surface area contributed by atoms with Gasteiger partial charge in [0.05, 0.1) is 18.8 Å². The van der Waals surface area contributed by atoms with Crippen LogP contribution >= 0.6 is 0 Å². The first kappa shape index (κ1) is 9.45. The largest absolute Gasteiger partial charge is 0.394 e. The topological polar surface area (TPSA) is 54.2 Å². The van der Waals surface area contributed by atoms with E-state index in [1.165, 1.54) is 0 Å². The highest BCUT2D eigenvalue weighted by Crippen LogP contribution is 2.28. The van der Waals surface area contributed by atoms with Gasteiger partial charge in [-0.15, -0.1) is 5.10 Å².